The molecule has 3 atom stereocenters. The Kier molecular flexibility index (Phi) is 11.6. The van der Waals surface area contributed by atoms with Gasteiger partial charge >= 0.3 is 5.97 Å². The fourth-order valence-corrected chi connectivity index (χ4v) is 3.88. The van der Waals surface area contributed by atoms with Gasteiger partial charge in [-0.15, -0.1) is 0 Å². The Hall–Kier alpha value is -1.78. The van der Waals surface area contributed by atoms with Gasteiger partial charge in [-0.2, -0.15) is 0 Å². The van der Waals surface area contributed by atoms with E-state index in [4.69, 9.17) is 0 Å². The van der Waals surface area contributed by atoms with Crippen LogP contribution >= 0.6 is 0 Å². The standard InChI is InChI=1S/C23H38O5/c1-4-5-10-17(2)11-6-7-12-18-15-16-20(24)19(18)13-8-9-14-21(25)22(26)23(27)28-3/h7,12,17-19,25-26H,4-6,8-11,13-16H2,1-3H3/b12-7+,22-21+/t17-,18+,19-/m1/s1. The van der Waals surface area contributed by atoms with Crippen LogP contribution in [0.2, 0.25) is 0 Å². The number of carbonyl (C=O) groups excluding carboxylic acids is 2. The fraction of sp³-hybridized carbons (Fsp3) is 0.739. The predicted octanol–water partition coefficient (Wildman–Crippen LogP) is 5.81. The quantitative estimate of drug-likeness (QED) is 0.135. The third-order valence-electron chi connectivity index (χ3n) is 5.75. The zero-order valence-corrected chi connectivity index (χ0v) is 17.8. The largest absolute Gasteiger partial charge is 0.508 e. The second-order valence-corrected chi connectivity index (χ2v) is 8.06. The molecule has 0 amide bonds. The lowest BCUT2D eigenvalue weighted by Gasteiger charge is -2.15. The Balaban J connectivity index is 2.37. The van der Waals surface area contributed by atoms with E-state index in [0.717, 1.165) is 38.7 Å². The van der Waals surface area contributed by atoms with E-state index in [2.05, 4.69) is 30.7 Å². The summed E-state index contributed by atoms with van der Waals surface area (Å²) in [5.74, 6) is -0.527. The van der Waals surface area contributed by atoms with Gasteiger partial charge in [0, 0.05) is 18.8 Å². The highest BCUT2D eigenvalue weighted by atomic mass is 16.5. The summed E-state index contributed by atoms with van der Waals surface area (Å²) in [6, 6.07) is 0. The minimum absolute atomic E-state index is 0.0640. The normalized spacial score (nSPS) is 21.8. The molecule has 0 heterocycles. The monoisotopic (exact) mass is 394 g/mol. The molecule has 1 rings (SSSR count). The molecule has 1 aliphatic carbocycles. The number of esters is 1. The van der Waals surface area contributed by atoms with E-state index in [1.54, 1.807) is 0 Å². The number of unbranched alkanes of at least 4 members (excludes halogenated alkanes) is 2. The summed E-state index contributed by atoms with van der Waals surface area (Å²) in [6.07, 6.45) is 14.6. The zero-order chi connectivity index (χ0) is 20.9. The van der Waals surface area contributed by atoms with E-state index in [0.29, 0.717) is 24.5 Å². The molecule has 0 saturated heterocycles. The maximum absolute atomic E-state index is 12.2. The van der Waals surface area contributed by atoms with E-state index in [1.807, 2.05) is 0 Å². The molecule has 0 aromatic heterocycles. The van der Waals surface area contributed by atoms with Gasteiger partial charge in [-0.05, 0) is 43.9 Å². The van der Waals surface area contributed by atoms with Crippen LogP contribution < -0.4 is 0 Å². The summed E-state index contributed by atoms with van der Waals surface area (Å²) in [6.45, 7) is 4.54. The summed E-state index contributed by atoms with van der Waals surface area (Å²) < 4.78 is 4.37. The Labute approximate surface area is 169 Å². The first kappa shape index (κ1) is 24.3. The second-order valence-electron chi connectivity index (χ2n) is 8.06. The van der Waals surface area contributed by atoms with Crippen LogP contribution in [0, 0.1) is 17.8 Å². The highest BCUT2D eigenvalue weighted by molar-refractivity contribution is 5.86. The van der Waals surface area contributed by atoms with Crippen LogP contribution in [0.5, 0.6) is 0 Å². The SMILES string of the molecule is CCCC[C@@H](C)CC/C=C/[C@H]1CCC(=O)[C@@H]1CCCC/C(O)=C(\O)C(=O)OC. The number of allylic oxidation sites excluding steroid dienone is 3. The molecule has 5 heteroatoms. The maximum atomic E-state index is 12.2. The number of ketones is 1. The molecule has 0 aromatic rings. The molecule has 28 heavy (non-hydrogen) atoms. The molecule has 1 aliphatic rings. The van der Waals surface area contributed by atoms with Crippen molar-refractivity contribution in [2.24, 2.45) is 17.8 Å². The number of hydrogen-bond acceptors (Lipinski definition) is 5. The van der Waals surface area contributed by atoms with Crippen LogP contribution in [-0.2, 0) is 14.3 Å². The van der Waals surface area contributed by atoms with Crippen LogP contribution in [0.1, 0.15) is 84.5 Å². The van der Waals surface area contributed by atoms with E-state index in [1.165, 1.54) is 25.7 Å². The van der Waals surface area contributed by atoms with Crippen molar-refractivity contribution in [3.05, 3.63) is 23.7 Å². The number of Topliss-reactive ketones (excluding diaryl/α,β-unsaturated/α-hetero) is 1. The number of ether oxygens (including phenoxy) is 1. The van der Waals surface area contributed by atoms with Gasteiger partial charge in [0.2, 0.25) is 5.76 Å². The van der Waals surface area contributed by atoms with Crippen molar-refractivity contribution in [3.63, 3.8) is 0 Å². The molecule has 1 fully saturated rings. The number of aliphatic hydroxyl groups is 2. The predicted molar refractivity (Wildman–Crippen MR) is 111 cm³/mol. The van der Waals surface area contributed by atoms with Gasteiger partial charge in [0.1, 0.15) is 11.5 Å². The number of methoxy groups -OCH3 is 1. The van der Waals surface area contributed by atoms with Crippen molar-refractivity contribution in [2.75, 3.05) is 7.11 Å². The molecule has 0 aromatic carbocycles. The van der Waals surface area contributed by atoms with Gasteiger partial charge in [-0.1, -0.05) is 51.7 Å². The lowest BCUT2D eigenvalue weighted by molar-refractivity contribution is -0.139. The molecule has 0 radical (unpaired) electrons. The lowest BCUT2D eigenvalue weighted by atomic mass is 9.89. The first-order chi connectivity index (χ1) is 13.4. The van der Waals surface area contributed by atoms with E-state index in [-0.39, 0.29) is 18.1 Å². The molecule has 2 N–H and O–H groups in total. The van der Waals surface area contributed by atoms with Crippen LogP contribution in [-0.4, -0.2) is 29.1 Å². The maximum Gasteiger partial charge on any atom is 0.376 e. The Bertz CT molecular complexity index is 549. The fourth-order valence-electron chi connectivity index (χ4n) is 3.88. The molecule has 0 aliphatic heterocycles. The van der Waals surface area contributed by atoms with Crippen molar-refractivity contribution >= 4 is 11.8 Å². The van der Waals surface area contributed by atoms with Crippen LogP contribution in [0.4, 0.5) is 0 Å². The van der Waals surface area contributed by atoms with Gasteiger partial charge in [0.25, 0.3) is 0 Å². The van der Waals surface area contributed by atoms with E-state index >= 15 is 0 Å². The van der Waals surface area contributed by atoms with E-state index in [9.17, 15) is 19.8 Å². The average Bonchev–Trinajstić information content (AvgIpc) is 3.04. The third-order valence-corrected chi connectivity index (χ3v) is 5.75. The lowest BCUT2D eigenvalue weighted by Crippen LogP contribution is -2.13. The Morgan fingerprint density at radius 2 is 2.00 bits per heavy atom. The third kappa shape index (κ3) is 8.49. The van der Waals surface area contributed by atoms with Crippen molar-refractivity contribution in [2.45, 2.75) is 84.5 Å². The number of rotatable bonds is 13. The molecule has 5 nitrogen and oxygen atoms in total. The summed E-state index contributed by atoms with van der Waals surface area (Å²) in [5.41, 5.74) is 0. The van der Waals surface area contributed by atoms with Crippen molar-refractivity contribution in [3.8, 4) is 0 Å². The van der Waals surface area contributed by atoms with Crippen LogP contribution in [0.15, 0.2) is 23.7 Å². The molecule has 0 spiro atoms. The smallest absolute Gasteiger partial charge is 0.376 e. The van der Waals surface area contributed by atoms with Crippen molar-refractivity contribution < 1.29 is 24.5 Å². The van der Waals surface area contributed by atoms with Gasteiger partial charge in [-0.3, -0.25) is 4.79 Å². The summed E-state index contributed by atoms with van der Waals surface area (Å²) in [5, 5.41) is 19.2. The number of hydrogen-bond donors (Lipinski definition) is 2. The van der Waals surface area contributed by atoms with Gasteiger partial charge in [0.05, 0.1) is 7.11 Å². The minimum Gasteiger partial charge on any atom is -0.508 e. The molecule has 1 saturated carbocycles. The second kappa shape index (κ2) is 13.4. The Morgan fingerprint density at radius 3 is 2.68 bits per heavy atom. The topological polar surface area (TPSA) is 83.8 Å². The number of carbonyl (C=O) groups is 2. The van der Waals surface area contributed by atoms with Gasteiger partial charge in [0.15, 0.2) is 0 Å². The molecule has 0 bridgehead atoms. The molecular weight excluding hydrogens is 356 g/mol. The highest BCUT2D eigenvalue weighted by Gasteiger charge is 2.32. The first-order valence-electron chi connectivity index (χ1n) is 10.8. The van der Waals surface area contributed by atoms with Gasteiger partial charge < -0.3 is 14.9 Å². The summed E-state index contributed by atoms with van der Waals surface area (Å²) >= 11 is 0. The zero-order valence-electron chi connectivity index (χ0n) is 17.8. The molecule has 160 valence electrons. The van der Waals surface area contributed by atoms with Crippen molar-refractivity contribution in [1.82, 2.24) is 0 Å². The highest BCUT2D eigenvalue weighted by Crippen LogP contribution is 2.34. The van der Waals surface area contributed by atoms with Crippen LogP contribution in [0.25, 0.3) is 0 Å². The Morgan fingerprint density at radius 1 is 1.25 bits per heavy atom. The molecular formula is C23H38O5. The van der Waals surface area contributed by atoms with Gasteiger partial charge in [-0.25, -0.2) is 4.79 Å². The number of aliphatic hydroxyl groups excluding tert-OH is 2. The van der Waals surface area contributed by atoms with Crippen molar-refractivity contribution in [1.29, 1.82) is 0 Å². The van der Waals surface area contributed by atoms with E-state index < -0.39 is 11.7 Å². The summed E-state index contributed by atoms with van der Waals surface area (Å²) in [7, 11) is 1.15. The first-order valence-corrected chi connectivity index (χ1v) is 10.8. The average molecular weight is 395 g/mol. The minimum atomic E-state index is -0.933. The molecule has 0 unspecified atom stereocenters. The summed E-state index contributed by atoms with van der Waals surface area (Å²) in [4.78, 5) is 23.4. The van der Waals surface area contributed by atoms with Crippen LogP contribution in [0.3, 0.4) is 0 Å².